The molecule has 0 aliphatic carbocycles. The minimum atomic E-state index is -0.770. The van der Waals surface area contributed by atoms with E-state index in [9.17, 15) is 14.4 Å². The van der Waals surface area contributed by atoms with E-state index in [1.807, 2.05) is 0 Å². The average Bonchev–Trinajstić information content (AvgIpc) is 3.47. The standard InChI is InChI=1S/C76H146O6/c1-4-7-10-13-16-19-22-25-27-29-31-33-35-37-38-39-40-42-43-45-47-49-51-54-57-60-63-66-69-75(78)81-72-73(71-80-74(77)68-65-62-59-56-53-24-21-18-15-12-9-6-3)82-76(79)70-67-64-61-58-55-52-50-48-46-44-41-36-34-32-30-28-26-23-20-17-14-11-8-5-2/h18,21,73H,4-17,19-20,22-72H2,1-3H3/b21-18-. The molecule has 0 amide bonds. The quantitative estimate of drug-likeness (QED) is 0.0261. The van der Waals surface area contributed by atoms with Gasteiger partial charge in [-0.25, -0.2) is 0 Å². The summed E-state index contributed by atoms with van der Waals surface area (Å²) in [5.41, 5.74) is 0. The number of esters is 3. The Balaban J connectivity index is 4.13. The minimum absolute atomic E-state index is 0.0656. The first-order valence-corrected chi connectivity index (χ1v) is 37.7. The highest BCUT2D eigenvalue weighted by molar-refractivity contribution is 5.71. The monoisotopic (exact) mass is 1160 g/mol. The fourth-order valence-electron chi connectivity index (χ4n) is 11.9. The Morgan fingerprint density at radius 3 is 0.634 bits per heavy atom. The lowest BCUT2D eigenvalue weighted by Gasteiger charge is -2.18. The molecule has 1 unspecified atom stereocenters. The van der Waals surface area contributed by atoms with Crippen molar-refractivity contribution in [3.63, 3.8) is 0 Å². The highest BCUT2D eigenvalue weighted by atomic mass is 16.6. The molecule has 1 atom stereocenters. The zero-order valence-corrected chi connectivity index (χ0v) is 56.1. The minimum Gasteiger partial charge on any atom is -0.462 e. The van der Waals surface area contributed by atoms with Gasteiger partial charge < -0.3 is 14.2 Å². The van der Waals surface area contributed by atoms with E-state index in [0.29, 0.717) is 19.3 Å². The first-order chi connectivity index (χ1) is 40.5. The summed E-state index contributed by atoms with van der Waals surface area (Å²) in [5, 5.41) is 0. The third kappa shape index (κ3) is 68.9. The molecule has 0 saturated carbocycles. The van der Waals surface area contributed by atoms with Crippen LogP contribution < -0.4 is 0 Å². The van der Waals surface area contributed by atoms with Crippen LogP contribution in [0.4, 0.5) is 0 Å². The van der Waals surface area contributed by atoms with Gasteiger partial charge in [0.25, 0.3) is 0 Å². The van der Waals surface area contributed by atoms with Crippen molar-refractivity contribution in [2.75, 3.05) is 13.2 Å². The number of carbonyl (C=O) groups excluding carboxylic acids is 3. The summed E-state index contributed by atoms with van der Waals surface area (Å²) < 4.78 is 17.0. The predicted molar refractivity (Wildman–Crippen MR) is 358 cm³/mol. The number of hydrogen-bond donors (Lipinski definition) is 0. The molecular formula is C76H146O6. The Kier molecular flexibility index (Phi) is 70.0. The maximum absolute atomic E-state index is 13.0. The lowest BCUT2D eigenvalue weighted by atomic mass is 10.0. The van der Waals surface area contributed by atoms with E-state index in [4.69, 9.17) is 14.2 Å². The van der Waals surface area contributed by atoms with Crippen molar-refractivity contribution >= 4 is 17.9 Å². The number of unbranched alkanes of at least 4 members (excludes halogenated alkanes) is 58. The van der Waals surface area contributed by atoms with Gasteiger partial charge in [0.2, 0.25) is 0 Å². The smallest absolute Gasteiger partial charge is 0.306 e. The maximum Gasteiger partial charge on any atom is 0.306 e. The van der Waals surface area contributed by atoms with Crippen LogP contribution in [0, 0.1) is 0 Å². The van der Waals surface area contributed by atoms with Crippen LogP contribution in [0.2, 0.25) is 0 Å². The van der Waals surface area contributed by atoms with Crippen LogP contribution in [-0.4, -0.2) is 37.2 Å². The van der Waals surface area contributed by atoms with Gasteiger partial charge in [0.15, 0.2) is 6.10 Å². The molecule has 486 valence electrons. The molecular weight excluding hydrogens is 1010 g/mol. The fourth-order valence-corrected chi connectivity index (χ4v) is 11.9. The van der Waals surface area contributed by atoms with Gasteiger partial charge in [-0.3, -0.25) is 14.4 Å². The van der Waals surface area contributed by atoms with Crippen LogP contribution in [-0.2, 0) is 28.6 Å². The molecule has 0 fully saturated rings. The topological polar surface area (TPSA) is 78.9 Å². The van der Waals surface area contributed by atoms with Gasteiger partial charge in [-0.05, 0) is 44.9 Å². The average molecular weight is 1160 g/mol. The second kappa shape index (κ2) is 71.6. The zero-order chi connectivity index (χ0) is 59.2. The maximum atomic E-state index is 13.0. The highest BCUT2D eigenvalue weighted by Gasteiger charge is 2.20. The molecule has 0 spiro atoms. The van der Waals surface area contributed by atoms with Crippen LogP contribution in [0.15, 0.2) is 12.2 Å². The second-order valence-corrected chi connectivity index (χ2v) is 25.9. The first-order valence-electron chi connectivity index (χ1n) is 37.7. The fraction of sp³-hybridized carbons (Fsp3) is 0.934. The van der Waals surface area contributed by atoms with Crippen molar-refractivity contribution in [1.82, 2.24) is 0 Å². The van der Waals surface area contributed by atoms with Crippen LogP contribution in [0.3, 0.4) is 0 Å². The lowest BCUT2D eigenvalue weighted by molar-refractivity contribution is -0.167. The van der Waals surface area contributed by atoms with Gasteiger partial charge in [0, 0.05) is 19.3 Å². The van der Waals surface area contributed by atoms with E-state index in [0.717, 1.165) is 64.2 Å². The van der Waals surface area contributed by atoms with Crippen molar-refractivity contribution < 1.29 is 28.6 Å². The van der Waals surface area contributed by atoms with E-state index in [1.165, 1.54) is 334 Å². The number of allylic oxidation sites excluding steroid dienone is 2. The van der Waals surface area contributed by atoms with Crippen LogP contribution >= 0.6 is 0 Å². The molecule has 0 aromatic heterocycles. The van der Waals surface area contributed by atoms with Crippen LogP contribution in [0.25, 0.3) is 0 Å². The van der Waals surface area contributed by atoms with E-state index in [-0.39, 0.29) is 31.1 Å². The van der Waals surface area contributed by atoms with Gasteiger partial charge in [-0.1, -0.05) is 386 Å². The zero-order valence-electron chi connectivity index (χ0n) is 56.1. The van der Waals surface area contributed by atoms with Crippen LogP contribution in [0.5, 0.6) is 0 Å². The summed E-state index contributed by atoms with van der Waals surface area (Å²) >= 11 is 0. The van der Waals surface area contributed by atoms with E-state index < -0.39 is 6.10 Å². The summed E-state index contributed by atoms with van der Waals surface area (Å²) in [6, 6.07) is 0. The Morgan fingerprint density at radius 2 is 0.402 bits per heavy atom. The van der Waals surface area contributed by atoms with Crippen molar-refractivity contribution in [3.05, 3.63) is 12.2 Å². The molecule has 0 rings (SSSR count). The molecule has 6 nitrogen and oxygen atoms in total. The Bertz CT molecular complexity index is 1280. The number of carbonyl (C=O) groups is 3. The number of hydrogen-bond acceptors (Lipinski definition) is 6. The Labute approximate surface area is 513 Å². The van der Waals surface area contributed by atoms with Gasteiger partial charge in [0.1, 0.15) is 13.2 Å². The summed E-state index contributed by atoms with van der Waals surface area (Å²) in [6.07, 6.45) is 87.0. The molecule has 0 aromatic carbocycles. The SMILES string of the molecule is CCCCC/C=C\CCCCCCCC(=O)OCC(COC(=O)CCCCCCCCCCCCCCCCCCCCCCCCCCCCCC)OC(=O)CCCCCCCCCCCCCCCCCCCCCCCCCC. The van der Waals surface area contributed by atoms with Gasteiger partial charge in [0.05, 0.1) is 0 Å². The molecule has 6 heteroatoms. The highest BCUT2D eigenvalue weighted by Crippen LogP contribution is 2.20. The van der Waals surface area contributed by atoms with Gasteiger partial charge >= 0.3 is 17.9 Å². The van der Waals surface area contributed by atoms with Crippen molar-refractivity contribution in [2.24, 2.45) is 0 Å². The molecule has 0 bridgehead atoms. The van der Waals surface area contributed by atoms with Crippen molar-refractivity contribution in [3.8, 4) is 0 Å². The van der Waals surface area contributed by atoms with E-state index in [1.54, 1.807) is 0 Å². The molecule has 0 radical (unpaired) electrons. The number of rotatable bonds is 71. The largest absolute Gasteiger partial charge is 0.462 e. The van der Waals surface area contributed by atoms with Crippen LogP contribution in [0.1, 0.15) is 438 Å². The first kappa shape index (κ1) is 80.2. The molecule has 0 N–H and O–H groups in total. The summed E-state index contributed by atoms with van der Waals surface area (Å²) in [6.45, 7) is 6.71. The summed E-state index contributed by atoms with van der Waals surface area (Å²) in [5.74, 6) is -0.838. The Morgan fingerprint density at radius 1 is 0.232 bits per heavy atom. The number of ether oxygens (including phenoxy) is 3. The summed E-state index contributed by atoms with van der Waals surface area (Å²) in [7, 11) is 0. The second-order valence-electron chi connectivity index (χ2n) is 25.9. The van der Waals surface area contributed by atoms with Gasteiger partial charge in [-0.15, -0.1) is 0 Å². The molecule has 0 aliphatic heterocycles. The molecule has 0 saturated heterocycles. The van der Waals surface area contributed by atoms with E-state index in [2.05, 4.69) is 32.9 Å². The molecule has 82 heavy (non-hydrogen) atoms. The predicted octanol–water partition coefficient (Wildman–Crippen LogP) is 26.0. The third-order valence-corrected chi connectivity index (χ3v) is 17.5. The van der Waals surface area contributed by atoms with E-state index >= 15 is 0 Å². The lowest BCUT2D eigenvalue weighted by Crippen LogP contribution is -2.30. The van der Waals surface area contributed by atoms with Gasteiger partial charge in [-0.2, -0.15) is 0 Å². The molecule has 0 aliphatic rings. The molecule has 0 heterocycles. The van der Waals surface area contributed by atoms with Crippen molar-refractivity contribution in [2.45, 2.75) is 444 Å². The van der Waals surface area contributed by atoms with Crippen molar-refractivity contribution in [1.29, 1.82) is 0 Å². The normalized spacial score (nSPS) is 12.0. The molecule has 0 aromatic rings. The Hall–Kier alpha value is -1.85. The summed E-state index contributed by atoms with van der Waals surface area (Å²) in [4.78, 5) is 38.4. The third-order valence-electron chi connectivity index (χ3n) is 17.5.